The monoisotopic (exact) mass is 476 g/mol. The van der Waals surface area contributed by atoms with Crippen LogP contribution in [-0.4, -0.2) is 63.3 Å². The van der Waals surface area contributed by atoms with Crippen molar-refractivity contribution in [3.63, 3.8) is 0 Å². The lowest BCUT2D eigenvalue weighted by atomic mass is 10.0. The van der Waals surface area contributed by atoms with Gasteiger partial charge in [-0.2, -0.15) is 12.6 Å². The number of aromatic nitrogens is 1. The molecule has 1 aliphatic rings. The van der Waals surface area contributed by atoms with Crippen molar-refractivity contribution >= 4 is 35.8 Å². The predicted octanol–water partition coefficient (Wildman–Crippen LogP) is 2.55. The van der Waals surface area contributed by atoms with Crippen LogP contribution in [0.15, 0.2) is 29.8 Å². The van der Waals surface area contributed by atoms with Crippen LogP contribution in [0, 0.1) is 6.92 Å². The van der Waals surface area contributed by atoms with E-state index in [1.165, 1.54) is 4.90 Å². The molecule has 1 aliphatic heterocycles. The van der Waals surface area contributed by atoms with Gasteiger partial charge in [0.05, 0.1) is 28.2 Å². The molecule has 0 radical (unpaired) electrons. The predicted molar refractivity (Wildman–Crippen MR) is 131 cm³/mol. The molecule has 3 rings (SSSR count). The largest absolute Gasteiger partial charge is 0.391 e. The van der Waals surface area contributed by atoms with Gasteiger partial charge in [0.1, 0.15) is 12.1 Å². The summed E-state index contributed by atoms with van der Waals surface area (Å²) in [6.07, 6.45) is -0.510. The number of thiazole rings is 1. The van der Waals surface area contributed by atoms with Crippen molar-refractivity contribution < 1.29 is 14.7 Å². The highest BCUT2D eigenvalue weighted by Gasteiger charge is 2.44. The summed E-state index contributed by atoms with van der Waals surface area (Å²) in [4.78, 5) is 33.1. The van der Waals surface area contributed by atoms with Crippen molar-refractivity contribution in [2.75, 3.05) is 13.6 Å². The molecule has 1 aromatic heterocycles. The minimum absolute atomic E-state index is 0.135. The molecule has 3 N–H and O–H groups in total. The molecule has 0 bridgehead atoms. The van der Waals surface area contributed by atoms with E-state index in [-0.39, 0.29) is 30.8 Å². The van der Waals surface area contributed by atoms with Gasteiger partial charge in [-0.3, -0.25) is 9.59 Å². The molecule has 2 aromatic rings. The standard InChI is InChI=1S/C23H32N4O3S2/c1-13(15-6-8-16(9-7-15)19-14(2)25-12-32-19)26-21(29)18-10-17(28)11-27(18)22(30)20(24-5)23(3,4)31/h6-9,12-13,17-18,20,24,28,31H,10-11H2,1-5H3,(H,26,29)/t13-,17+,18-,20+/m0/s1. The van der Waals surface area contributed by atoms with E-state index in [1.807, 2.05) is 57.5 Å². The van der Waals surface area contributed by atoms with E-state index < -0.39 is 22.9 Å². The third-order valence-corrected chi connectivity index (χ3v) is 7.12. The smallest absolute Gasteiger partial charge is 0.243 e. The van der Waals surface area contributed by atoms with Crippen LogP contribution >= 0.6 is 24.0 Å². The molecule has 7 nitrogen and oxygen atoms in total. The molecule has 0 saturated carbocycles. The number of aryl methyl sites for hydroxylation is 1. The molecular formula is C23H32N4O3S2. The van der Waals surface area contributed by atoms with Gasteiger partial charge in [-0.25, -0.2) is 4.98 Å². The number of nitrogens with zero attached hydrogens (tertiary/aromatic N) is 2. The number of likely N-dealkylation sites (N-methyl/N-ethyl adjacent to an activating group) is 1. The van der Waals surface area contributed by atoms with Crippen LogP contribution in [0.1, 0.15) is 44.5 Å². The van der Waals surface area contributed by atoms with Crippen LogP contribution in [-0.2, 0) is 9.59 Å². The number of benzene rings is 1. The molecule has 9 heteroatoms. The molecule has 0 aliphatic carbocycles. The lowest BCUT2D eigenvalue weighted by Crippen LogP contribution is -2.57. The Balaban J connectivity index is 1.70. The van der Waals surface area contributed by atoms with Gasteiger partial charge in [-0.1, -0.05) is 24.3 Å². The Morgan fingerprint density at radius 1 is 1.31 bits per heavy atom. The third kappa shape index (κ3) is 5.33. The van der Waals surface area contributed by atoms with E-state index in [0.29, 0.717) is 0 Å². The fourth-order valence-electron chi connectivity index (χ4n) is 4.15. The van der Waals surface area contributed by atoms with E-state index in [0.717, 1.165) is 21.7 Å². The number of hydrogen-bond donors (Lipinski definition) is 4. The maximum atomic E-state index is 13.1. The van der Waals surface area contributed by atoms with Crippen LogP contribution in [0.4, 0.5) is 0 Å². The minimum atomic E-state index is -0.729. The maximum Gasteiger partial charge on any atom is 0.243 e. The summed E-state index contributed by atoms with van der Waals surface area (Å²) in [6.45, 7) is 7.72. The highest BCUT2D eigenvalue weighted by molar-refractivity contribution is 7.81. The number of carbonyl (C=O) groups excluding carboxylic acids is 2. The Morgan fingerprint density at radius 3 is 2.50 bits per heavy atom. The molecule has 1 saturated heterocycles. The van der Waals surface area contributed by atoms with Gasteiger partial charge in [0, 0.05) is 17.7 Å². The first-order valence-corrected chi connectivity index (χ1v) is 12.0. The summed E-state index contributed by atoms with van der Waals surface area (Å²) in [5.74, 6) is -0.502. The zero-order chi connectivity index (χ0) is 23.6. The molecule has 2 amide bonds. The van der Waals surface area contributed by atoms with Gasteiger partial charge in [0.25, 0.3) is 0 Å². The molecule has 1 fully saturated rings. The fraction of sp³-hybridized carbons (Fsp3) is 0.522. The Hall–Kier alpha value is -1.94. The number of aliphatic hydroxyl groups excluding tert-OH is 1. The summed E-state index contributed by atoms with van der Waals surface area (Å²) in [6, 6.07) is 6.51. The molecule has 174 valence electrons. The Morgan fingerprint density at radius 2 is 1.97 bits per heavy atom. The van der Waals surface area contributed by atoms with Crippen molar-refractivity contribution in [2.24, 2.45) is 0 Å². The molecule has 32 heavy (non-hydrogen) atoms. The average molecular weight is 477 g/mol. The number of carbonyl (C=O) groups is 2. The SMILES string of the molecule is CN[C@H](C(=O)N1C[C@H](O)C[C@H]1C(=O)N[C@@H](C)c1ccc(-c2scnc2C)cc1)C(C)(C)S. The highest BCUT2D eigenvalue weighted by atomic mass is 32.1. The van der Waals surface area contributed by atoms with Crippen molar-refractivity contribution in [1.29, 1.82) is 0 Å². The van der Waals surface area contributed by atoms with Gasteiger partial charge in [-0.05, 0) is 45.9 Å². The zero-order valence-electron chi connectivity index (χ0n) is 19.1. The second kappa shape index (κ2) is 9.91. The summed E-state index contributed by atoms with van der Waals surface area (Å²) in [7, 11) is 1.70. The third-order valence-electron chi connectivity index (χ3n) is 5.88. The number of likely N-dealkylation sites (tertiary alicyclic amines) is 1. The van der Waals surface area contributed by atoms with Gasteiger partial charge < -0.3 is 20.6 Å². The van der Waals surface area contributed by atoms with Gasteiger partial charge in [0.15, 0.2) is 0 Å². The van der Waals surface area contributed by atoms with Crippen molar-refractivity contribution in [1.82, 2.24) is 20.5 Å². The summed E-state index contributed by atoms with van der Waals surface area (Å²) in [5, 5.41) is 16.2. The zero-order valence-corrected chi connectivity index (χ0v) is 20.8. The minimum Gasteiger partial charge on any atom is -0.391 e. The number of amides is 2. The molecule has 4 atom stereocenters. The van der Waals surface area contributed by atoms with Crippen LogP contribution < -0.4 is 10.6 Å². The van der Waals surface area contributed by atoms with E-state index in [1.54, 1.807) is 18.4 Å². The van der Waals surface area contributed by atoms with Crippen LogP contribution in [0.2, 0.25) is 0 Å². The molecule has 1 aromatic carbocycles. The fourth-order valence-corrected chi connectivity index (χ4v) is 5.20. The maximum absolute atomic E-state index is 13.1. The molecule has 0 unspecified atom stereocenters. The molecular weight excluding hydrogens is 444 g/mol. The van der Waals surface area contributed by atoms with E-state index in [2.05, 4.69) is 28.2 Å². The number of nitrogens with one attached hydrogen (secondary N) is 2. The Labute approximate surface area is 199 Å². The Kier molecular flexibility index (Phi) is 7.65. The second-order valence-electron chi connectivity index (χ2n) is 8.89. The number of β-amino-alcohol motifs (C(OH)–C–C–N with tert-alkyl or cyclic N) is 1. The number of thiol groups is 1. The van der Waals surface area contributed by atoms with Gasteiger partial charge in [-0.15, -0.1) is 11.3 Å². The second-order valence-corrected chi connectivity index (χ2v) is 10.9. The molecule has 0 spiro atoms. The summed E-state index contributed by atoms with van der Waals surface area (Å²) >= 11 is 6.13. The topological polar surface area (TPSA) is 94.6 Å². The van der Waals surface area contributed by atoms with Crippen LogP contribution in [0.25, 0.3) is 10.4 Å². The summed E-state index contributed by atoms with van der Waals surface area (Å²) < 4.78 is -0.619. The van der Waals surface area contributed by atoms with Crippen molar-refractivity contribution in [2.45, 2.75) is 63.1 Å². The quantitative estimate of drug-likeness (QED) is 0.461. The van der Waals surface area contributed by atoms with E-state index >= 15 is 0 Å². The van der Waals surface area contributed by atoms with E-state index in [9.17, 15) is 14.7 Å². The first-order chi connectivity index (χ1) is 15.0. The normalized spacial score (nSPS) is 20.8. The number of rotatable bonds is 7. The van der Waals surface area contributed by atoms with Crippen LogP contribution in [0.5, 0.6) is 0 Å². The van der Waals surface area contributed by atoms with Crippen molar-refractivity contribution in [3.05, 3.63) is 41.0 Å². The Bertz CT molecular complexity index is 955. The first kappa shape index (κ1) is 24.7. The van der Waals surface area contributed by atoms with Gasteiger partial charge >= 0.3 is 0 Å². The van der Waals surface area contributed by atoms with Crippen LogP contribution in [0.3, 0.4) is 0 Å². The highest BCUT2D eigenvalue weighted by Crippen LogP contribution is 2.29. The summed E-state index contributed by atoms with van der Waals surface area (Å²) in [5.41, 5.74) is 4.89. The van der Waals surface area contributed by atoms with Crippen molar-refractivity contribution in [3.8, 4) is 10.4 Å². The van der Waals surface area contributed by atoms with Gasteiger partial charge in [0.2, 0.25) is 11.8 Å². The lowest BCUT2D eigenvalue weighted by Gasteiger charge is -2.34. The first-order valence-electron chi connectivity index (χ1n) is 10.7. The number of hydrogen-bond acceptors (Lipinski definition) is 7. The average Bonchev–Trinajstić information content (AvgIpc) is 3.33. The molecule has 2 heterocycles. The number of aliphatic hydroxyl groups is 1. The lowest BCUT2D eigenvalue weighted by molar-refractivity contribution is -0.140. The van der Waals surface area contributed by atoms with E-state index in [4.69, 9.17) is 0 Å².